The summed E-state index contributed by atoms with van der Waals surface area (Å²) in [6, 6.07) is 11.4. The first kappa shape index (κ1) is 25.2. The van der Waals surface area contributed by atoms with Gasteiger partial charge in [-0.2, -0.15) is 0 Å². The van der Waals surface area contributed by atoms with Gasteiger partial charge in [-0.25, -0.2) is 12.7 Å². The van der Waals surface area contributed by atoms with Crippen LogP contribution in [0.3, 0.4) is 0 Å². The van der Waals surface area contributed by atoms with Gasteiger partial charge in [-0.05, 0) is 55.8 Å². The molecule has 0 fully saturated rings. The Bertz CT molecular complexity index is 1030. The molecule has 0 unspecified atom stereocenters. The molecule has 0 saturated carbocycles. The molecule has 2 aromatic rings. The number of carbonyl (C=O) groups excluding carboxylic acids is 2. The summed E-state index contributed by atoms with van der Waals surface area (Å²) in [5.74, 6) is 0.146. The Labute approximate surface area is 188 Å². The van der Waals surface area contributed by atoms with Crippen molar-refractivity contribution < 1.29 is 32.2 Å². The lowest BCUT2D eigenvalue weighted by Crippen LogP contribution is -2.24. The molecule has 174 valence electrons. The first-order valence-electron chi connectivity index (χ1n) is 9.97. The van der Waals surface area contributed by atoms with Crippen LogP contribution in [0, 0.1) is 6.92 Å². The van der Waals surface area contributed by atoms with Gasteiger partial charge in [-0.1, -0.05) is 6.07 Å². The molecule has 2 rings (SSSR count). The van der Waals surface area contributed by atoms with Crippen LogP contribution in [0.4, 0.5) is 5.69 Å². The number of rotatable bonds is 11. The molecule has 0 bridgehead atoms. The van der Waals surface area contributed by atoms with Crippen molar-refractivity contribution >= 4 is 27.6 Å². The van der Waals surface area contributed by atoms with Gasteiger partial charge in [0.2, 0.25) is 10.0 Å². The molecule has 0 aromatic heterocycles. The third-order valence-corrected chi connectivity index (χ3v) is 6.15. The molecule has 2 aromatic carbocycles. The lowest BCUT2D eigenvalue weighted by molar-refractivity contribution is -0.147. The molecular formula is C22H28N2O7S. The predicted molar refractivity (Wildman–Crippen MR) is 119 cm³/mol. The van der Waals surface area contributed by atoms with Crippen LogP contribution in [-0.4, -0.2) is 58.5 Å². The maximum atomic E-state index is 12.3. The zero-order chi connectivity index (χ0) is 23.7. The van der Waals surface area contributed by atoms with Crippen LogP contribution in [0.2, 0.25) is 0 Å². The van der Waals surface area contributed by atoms with Crippen molar-refractivity contribution in [3.05, 3.63) is 48.0 Å². The van der Waals surface area contributed by atoms with Gasteiger partial charge in [0.1, 0.15) is 11.5 Å². The Morgan fingerprint density at radius 2 is 1.62 bits per heavy atom. The minimum absolute atomic E-state index is 0.0317. The Kier molecular flexibility index (Phi) is 9.03. The Balaban J connectivity index is 1.80. The monoisotopic (exact) mass is 464 g/mol. The number of ether oxygens (including phenoxy) is 3. The van der Waals surface area contributed by atoms with E-state index in [1.807, 2.05) is 6.92 Å². The summed E-state index contributed by atoms with van der Waals surface area (Å²) in [4.78, 5) is 24.1. The number of amides is 1. The fraction of sp³-hybridized carbons (Fsp3) is 0.364. The van der Waals surface area contributed by atoms with Gasteiger partial charge in [-0.3, -0.25) is 9.59 Å². The summed E-state index contributed by atoms with van der Waals surface area (Å²) in [5.41, 5.74) is 0.999. The second-order valence-corrected chi connectivity index (χ2v) is 9.13. The van der Waals surface area contributed by atoms with E-state index >= 15 is 0 Å². The smallest absolute Gasteiger partial charge is 0.309 e. The van der Waals surface area contributed by atoms with Gasteiger partial charge < -0.3 is 19.5 Å². The highest BCUT2D eigenvalue weighted by atomic mass is 32.2. The molecule has 10 heteroatoms. The third-order valence-electron chi connectivity index (χ3n) is 4.34. The van der Waals surface area contributed by atoms with Crippen LogP contribution in [0.5, 0.6) is 11.5 Å². The number of nitrogens with one attached hydrogen (secondary N) is 1. The summed E-state index contributed by atoms with van der Waals surface area (Å²) in [6.07, 6.45) is -0.0317. The fourth-order valence-corrected chi connectivity index (χ4v) is 3.49. The molecule has 0 aliphatic carbocycles. The minimum Gasteiger partial charge on any atom is -0.494 e. The molecule has 9 nitrogen and oxygen atoms in total. The number of anilines is 1. The maximum Gasteiger partial charge on any atom is 0.309 e. The molecule has 0 saturated heterocycles. The number of hydrogen-bond acceptors (Lipinski definition) is 7. The lowest BCUT2D eigenvalue weighted by Gasteiger charge is -2.14. The number of benzene rings is 2. The first-order valence-corrected chi connectivity index (χ1v) is 11.4. The molecular weight excluding hydrogens is 436 g/mol. The molecule has 0 heterocycles. The van der Waals surface area contributed by atoms with E-state index in [1.165, 1.54) is 26.2 Å². The predicted octanol–water partition coefficient (Wildman–Crippen LogP) is 2.59. The van der Waals surface area contributed by atoms with Gasteiger partial charge in [0.25, 0.3) is 5.91 Å². The molecule has 32 heavy (non-hydrogen) atoms. The topological polar surface area (TPSA) is 111 Å². The van der Waals surface area contributed by atoms with Crippen LogP contribution < -0.4 is 14.8 Å². The van der Waals surface area contributed by atoms with E-state index in [9.17, 15) is 18.0 Å². The van der Waals surface area contributed by atoms with Gasteiger partial charge in [-0.15, -0.1) is 0 Å². The van der Waals surface area contributed by atoms with Gasteiger partial charge in [0, 0.05) is 19.8 Å². The van der Waals surface area contributed by atoms with Crippen molar-refractivity contribution in [3.8, 4) is 11.5 Å². The number of sulfonamides is 1. The van der Waals surface area contributed by atoms with Crippen molar-refractivity contribution in [3.63, 3.8) is 0 Å². The standard InChI is InChI=1S/C22H28N2O7S/c1-5-29-17-7-9-18(10-8-17)30-13-12-22(26)31-15-21(25)23-20-14-19(11-6-16(20)2)32(27,28)24(3)4/h6-11,14H,5,12-13,15H2,1-4H3,(H,23,25). The SMILES string of the molecule is CCOc1ccc(OCCC(=O)OCC(=O)Nc2cc(S(=O)(=O)N(C)C)ccc2C)cc1. The molecule has 0 aliphatic rings. The highest BCUT2D eigenvalue weighted by Gasteiger charge is 2.19. The second kappa shape index (κ2) is 11.5. The number of carbonyl (C=O) groups is 2. The lowest BCUT2D eigenvalue weighted by atomic mass is 10.2. The Hall–Kier alpha value is -3.11. The first-order chi connectivity index (χ1) is 15.1. The van der Waals surface area contributed by atoms with Crippen molar-refractivity contribution in [2.24, 2.45) is 0 Å². The molecule has 0 aliphatic heterocycles. The third kappa shape index (κ3) is 7.24. The van der Waals surface area contributed by atoms with Gasteiger partial charge in [0.15, 0.2) is 6.61 Å². The highest BCUT2D eigenvalue weighted by Crippen LogP contribution is 2.22. The number of nitrogens with zero attached hydrogens (tertiary/aromatic N) is 1. The number of hydrogen-bond donors (Lipinski definition) is 1. The Morgan fingerprint density at radius 3 is 2.22 bits per heavy atom. The van der Waals surface area contributed by atoms with E-state index in [2.05, 4.69) is 5.32 Å². The summed E-state index contributed by atoms with van der Waals surface area (Å²) in [5, 5.41) is 2.57. The number of esters is 1. The Morgan fingerprint density at radius 1 is 1.00 bits per heavy atom. The van der Waals surface area contributed by atoms with E-state index < -0.39 is 28.5 Å². The number of aryl methyl sites for hydroxylation is 1. The van der Waals surface area contributed by atoms with Crippen molar-refractivity contribution in [1.29, 1.82) is 0 Å². The van der Waals surface area contributed by atoms with Crippen LogP contribution in [0.25, 0.3) is 0 Å². The molecule has 0 spiro atoms. The summed E-state index contributed by atoms with van der Waals surface area (Å²) < 4.78 is 41.4. The van der Waals surface area contributed by atoms with Crippen LogP contribution in [0.15, 0.2) is 47.4 Å². The van der Waals surface area contributed by atoms with Crippen LogP contribution in [0.1, 0.15) is 18.9 Å². The second-order valence-electron chi connectivity index (χ2n) is 6.98. The van der Waals surface area contributed by atoms with E-state index in [0.29, 0.717) is 23.6 Å². The highest BCUT2D eigenvalue weighted by molar-refractivity contribution is 7.89. The minimum atomic E-state index is -3.64. The van der Waals surface area contributed by atoms with Gasteiger partial charge >= 0.3 is 5.97 Å². The summed E-state index contributed by atoms with van der Waals surface area (Å²) in [6.45, 7) is 3.79. The van der Waals surface area contributed by atoms with Crippen molar-refractivity contribution in [1.82, 2.24) is 4.31 Å². The molecule has 0 atom stereocenters. The van der Waals surface area contributed by atoms with Crippen molar-refractivity contribution in [2.45, 2.75) is 25.2 Å². The zero-order valence-electron chi connectivity index (χ0n) is 18.6. The fourth-order valence-electron chi connectivity index (χ4n) is 2.56. The largest absolute Gasteiger partial charge is 0.494 e. The van der Waals surface area contributed by atoms with Crippen molar-refractivity contribution in [2.75, 3.05) is 39.2 Å². The maximum absolute atomic E-state index is 12.3. The zero-order valence-corrected chi connectivity index (χ0v) is 19.4. The average Bonchev–Trinajstić information content (AvgIpc) is 2.75. The summed E-state index contributed by atoms with van der Waals surface area (Å²) in [7, 11) is -0.794. The van der Waals surface area contributed by atoms with E-state index in [-0.39, 0.29) is 17.9 Å². The van der Waals surface area contributed by atoms with Crippen LogP contribution >= 0.6 is 0 Å². The normalized spacial score (nSPS) is 11.2. The van der Waals surface area contributed by atoms with E-state index in [1.54, 1.807) is 37.3 Å². The molecule has 0 radical (unpaired) electrons. The van der Waals surface area contributed by atoms with E-state index in [0.717, 1.165) is 10.1 Å². The van der Waals surface area contributed by atoms with E-state index in [4.69, 9.17) is 14.2 Å². The van der Waals surface area contributed by atoms with Gasteiger partial charge in [0.05, 0.1) is 24.5 Å². The van der Waals surface area contributed by atoms with Crippen LogP contribution in [-0.2, 0) is 24.3 Å². The molecule has 1 N–H and O–H groups in total. The summed E-state index contributed by atoms with van der Waals surface area (Å²) >= 11 is 0. The quantitative estimate of drug-likeness (QED) is 0.509. The molecule has 1 amide bonds. The average molecular weight is 465 g/mol.